The van der Waals surface area contributed by atoms with Gasteiger partial charge in [-0.05, 0) is 19.1 Å². The molecule has 0 aliphatic rings. The number of hydrogen-bond acceptors (Lipinski definition) is 4. The van der Waals surface area contributed by atoms with Crippen molar-refractivity contribution in [3.05, 3.63) is 46.3 Å². The number of nitrogens with zero attached hydrogens (tertiary/aromatic N) is 4. The minimum atomic E-state index is -0.233. The van der Waals surface area contributed by atoms with Gasteiger partial charge in [-0.25, -0.2) is 9.97 Å². The lowest BCUT2D eigenvalue weighted by molar-refractivity contribution is 0.556. The van der Waals surface area contributed by atoms with Gasteiger partial charge in [-0.3, -0.25) is 9.20 Å². The molecule has 102 valence electrons. The van der Waals surface area contributed by atoms with Gasteiger partial charge in [-0.1, -0.05) is 20.8 Å². The summed E-state index contributed by atoms with van der Waals surface area (Å²) in [6, 6.07) is 5.39. The molecule has 5 heteroatoms. The van der Waals surface area contributed by atoms with Crippen LogP contribution in [0.4, 0.5) is 0 Å². The van der Waals surface area contributed by atoms with Crippen LogP contribution in [-0.4, -0.2) is 19.4 Å². The molecule has 3 heterocycles. The van der Waals surface area contributed by atoms with E-state index < -0.39 is 0 Å². The van der Waals surface area contributed by atoms with Gasteiger partial charge in [0, 0.05) is 22.9 Å². The SMILES string of the molecule is Cc1ccc2c(ncn3c(C(C)(C)C)cc(=O)nc23)n1. The number of pyridine rings is 1. The first-order valence-corrected chi connectivity index (χ1v) is 6.52. The van der Waals surface area contributed by atoms with E-state index >= 15 is 0 Å². The second-order valence-electron chi connectivity index (χ2n) is 5.99. The van der Waals surface area contributed by atoms with Crippen LogP contribution in [0.25, 0.3) is 16.7 Å². The molecule has 0 fully saturated rings. The zero-order valence-electron chi connectivity index (χ0n) is 12.0. The van der Waals surface area contributed by atoms with Gasteiger partial charge < -0.3 is 0 Å². The highest BCUT2D eigenvalue weighted by atomic mass is 16.1. The van der Waals surface area contributed by atoms with E-state index in [1.807, 2.05) is 23.5 Å². The Hall–Kier alpha value is -2.30. The third-order valence-electron chi connectivity index (χ3n) is 3.28. The molecule has 0 amide bonds. The molecule has 0 saturated carbocycles. The van der Waals surface area contributed by atoms with Gasteiger partial charge in [0.1, 0.15) is 6.33 Å². The van der Waals surface area contributed by atoms with Crippen molar-refractivity contribution in [1.29, 1.82) is 0 Å². The maximum Gasteiger partial charge on any atom is 0.273 e. The molecule has 5 nitrogen and oxygen atoms in total. The zero-order valence-corrected chi connectivity index (χ0v) is 12.0. The van der Waals surface area contributed by atoms with E-state index in [-0.39, 0.29) is 11.0 Å². The van der Waals surface area contributed by atoms with Gasteiger partial charge in [0.25, 0.3) is 5.56 Å². The Bertz CT molecular complexity index is 875. The first-order chi connectivity index (χ1) is 9.36. The summed E-state index contributed by atoms with van der Waals surface area (Å²) in [4.78, 5) is 24.8. The summed E-state index contributed by atoms with van der Waals surface area (Å²) < 4.78 is 1.88. The van der Waals surface area contributed by atoms with Crippen molar-refractivity contribution in [1.82, 2.24) is 19.4 Å². The lowest BCUT2D eigenvalue weighted by Gasteiger charge is -2.21. The predicted octanol–water partition coefficient (Wildman–Crippen LogP) is 2.24. The van der Waals surface area contributed by atoms with Crippen molar-refractivity contribution < 1.29 is 0 Å². The molecular formula is C15H16N4O. The molecule has 3 rings (SSSR count). The van der Waals surface area contributed by atoms with E-state index in [9.17, 15) is 4.79 Å². The smallest absolute Gasteiger partial charge is 0.273 e. The summed E-state index contributed by atoms with van der Waals surface area (Å²) in [6.07, 6.45) is 1.69. The van der Waals surface area contributed by atoms with E-state index in [0.29, 0.717) is 11.3 Å². The number of fused-ring (bicyclic) bond motifs is 3. The summed E-state index contributed by atoms with van der Waals surface area (Å²) in [5.74, 6) is 0. The van der Waals surface area contributed by atoms with Gasteiger partial charge in [0.05, 0.1) is 5.39 Å². The molecule has 0 saturated heterocycles. The summed E-state index contributed by atoms with van der Waals surface area (Å²) in [7, 11) is 0. The van der Waals surface area contributed by atoms with Gasteiger partial charge in [0.2, 0.25) is 0 Å². The molecule has 0 unspecified atom stereocenters. The largest absolute Gasteiger partial charge is 0.287 e. The van der Waals surface area contributed by atoms with Crippen LogP contribution in [-0.2, 0) is 5.41 Å². The Labute approximate surface area is 116 Å². The maximum absolute atomic E-state index is 11.9. The van der Waals surface area contributed by atoms with Crippen LogP contribution >= 0.6 is 0 Å². The topological polar surface area (TPSA) is 60.2 Å². The fraction of sp³-hybridized carbons (Fsp3) is 0.333. The molecule has 20 heavy (non-hydrogen) atoms. The van der Waals surface area contributed by atoms with E-state index in [1.165, 1.54) is 0 Å². The predicted molar refractivity (Wildman–Crippen MR) is 78.0 cm³/mol. The van der Waals surface area contributed by atoms with Gasteiger partial charge >= 0.3 is 0 Å². The molecule has 0 aliphatic heterocycles. The van der Waals surface area contributed by atoms with Crippen molar-refractivity contribution >= 4 is 16.7 Å². The lowest BCUT2D eigenvalue weighted by atomic mass is 9.91. The molecule has 0 aromatic carbocycles. The zero-order chi connectivity index (χ0) is 14.5. The third-order valence-corrected chi connectivity index (χ3v) is 3.28. The fourth-order valence-electron chi connectivity index (χ4n) is 2.30. The van der Waals surface area contributed by atoms with E-state index in [4.69, 9.17) is 0 Å². The molecule has 0 N–H and O–H groups in total. The summed E-state index contributed by atoms with van der Waals surface area (Å²) in [5.41, 5.74) is 2.61. The van der Waals surface area contributed by atoms with Gasteiger partial charge in [-0.15, -0.1) is 0 Å². The first kappa shape index (κ1) is 12.7. The molecule has 3 aromatic heterocycles. The van der Waals surface area contributed by atoms with E-state index in [1.54, 1.807) is 12.4 Å². The van der Waals surface area contributed by atoms with Crippen LogP contribution in [0.2, 0.25) is 0 Å². The lowest BCUT2D eigenvalue weighted by Crippen LogP contribution is -2.22. The average Bonchev–Trinajstić information content (AvgIpc) is 2.36. The molecule has 3 aromatic rings. The van der Waals surface area contributed by atoms with Crippen LogP contribution in [0.3, 0.4) is 0 Å². The highest BCUT2D eigenvalue weighted by Gasteiger charge is 2.19. The molecule has 0 spiro atoms. The molecule has 0 bridgehead atoms. The minimum Gasteiger partial charge on any atom is -0.287 e. The maximum atomic E-state index is 11.9. The summed E-state index contributed by atoms with van der Waals surface area (Å²) in [6.45, 7) is 8.10. The molecule has 0 atom stereocenters. The van der Waals surface area contributed by atoms with Crippen LogP contribution in [0.15, 0.2) is 29.3 Å². The third kappa shape index (κ3) is 1.95. The standard InChI is InChI=1S/C15H16N4O/c1-9-5-6-10-13(17-9)16-8-19-11(15(2,3)4)7-12(20)18-14(10)19/h5-8H,1-4H3. The van der Waals surface area contributed by atoms with Crippen molar-refractivity contribution in [3.63, 3.8) is 0 Å². The van der Waals surface area contributed by atoms with Crippen molar-refractivity contribution in [2.45, 2.75) is 33.1 Å². The number of rotatable bonds is 0. The highest BCUT2D eigenvalue weighted by molar-refractivity contribution is 5.88. The molecule has 0 radical (unpaired) electrons. The number of aryl methyl sites for hydroxylation is 1. The second-order valence-corrected chi connectivity index (χ2v) is 5.99. The highest BCUT2D eigenvalue weighted by Crippen LogP contribution is 2.23. The van der Waals surface area contributed by atoms with Gasteiger partial charge in [0.15, 0.2) is 11.3 Å². The van der Waals surface area contributed by atoms with Crippen molar-refractivity contribution in [2.24, 2.45) is 0 Å². The van der Waals surface area contributed by atoms with Gasteiger partial charge in [-0.2, -0.15) is 4.98 Å². The summed E-state index contributed by atoms with van der Waals surface area (Å²) >= 11 is 0. The molecule has 0 aliphatic carbocycles. The monoisotopic (exact) mass is 268 g/mol. The fourth-order valence-corrected chi connectivity index (χ4v) is 2.30. The first-order valence-electron chi connectivity index (χ1n) is 6.52. The minimum absolute atomic E-state index is 0.168. The summed E-state index contributed by atoms with van der Waals surface area (Å²) in [5, 5.41) is 0.793. The average molecular weight is 268 g/mol. The normalized spacial score (nSPS) is 12.2. The van der Waals surface area contributed by atoms with Crippen LogP contribution < -0.4 is 5.56 Å². The number of hydrogen-bond donors (Lipinski definition) is 0. The quantitative estimate of drug-likeness (QED) is 0.587. The number of aromatic nitrogens is 4. The van der Waals surface area contributed by atoms with Crippen molar-refractivity contribution in [2.75, 3.05) is 0 Å². The van der Waals surface area contributed by atoms with E-state index in [2.05, 4.69) is 35.7 Å². The second kappa shape index (κ2) is 4.10. The van der Waals surface area contributed by atoms with E-state index in [0.717, 1.165) is 16.8 Å². The Morgan fingerprint density at radius 2 is 1.90 bits per heavy atom. The Morgan fingerprint density at radius 1 is 1.15 bits per heavy atom. The van der Waals surface area contributed by atoms with Crippen LogP contribution in [0.5, 0.6) is 0 Å². The Morgan fingerprint density at radius 3 is 2.60 bits per heavy atom. The van der Waals surface area contributed by atoms with Crippen LogP contribution in [0, 0.1) is 6.92 Å². The Balaban J connectivity index is 2.53. The van der Waals surface area contributed by atoms with Crippen LogP contribution in [0.1, 0.15) is 32.2 Å². The molecular weight excluding hydrogens is 252 g/mol. The Kier molecular flexibility index (Phi) is 2.61. The van der Waals surface area contributed by atoms with Crippen molar-refractivity contribution in [3.8, 4) is 0 Å².